The highest BCUT2D eigenvalue weighted by molar-refractivity contribution is 5.86. The highest BCUT2D eigenvalue weighted by atomic mass is 16.6. The van der Waals surface area contributed by atoms with Crippen molar-refractivity contribution in [2.45, 2.75) is 38.9 Å². The molecule has 2 aromatic carbocycles. The summed E-state index contributed by atoms with van der Waals surface area (Å²) in [4.78, 5) is 15.3. The van der Waals surface area contributed by atoms with Gasteiger partial charge < -0.3 is 9.84 Å². The van der Waals surface area contributed by atoms with Crippen molar-refractivity contribution in [2.24, 2.45) is 0 Å². The molecule has 0 bridgehead atoms. The van der Waals surface area contributed by atoms with Gasteiger partial charge in [-0.2, -0.15) is 0 Å². The SMILES string of the molecule is CCN(CC)CC#CC(C)(C)OC(=O)C(O)(c1ccccc1)c1ccccc1. The first-order chi connectivity index (χ1) is 13.3. The van der Waals surface area contributed by atoms with E-state index in [1.807, 2.05) is 12.1 Å². The molecule has 0 amide bonds. The molecular formula is C24H29NO3. The Morgan fingerprint density at radius 2 is 1.43 bits per heavy atom. The topological polar surface area (TPSA) is 49.8 Å². The van der Waals surface area contributed by atoms with Crippen LogP contribution in [0.15, 0.2) is 60.7 Å². The van der Waals surface area contributed by atoms with Gasteiger partial charge in [0.15, 0.2) is 5.60 Å². The molecule has 1 N–H and O–H groups in total. The minimum Gasteiger partial charge on any atom is -0.444 e. The van der Waals surface area contributed by atoms with Crippen LogP contribution in [0.25, 0.3) is 0 Å². The minimum atomic E-state index is -1.90. The zero-order valence-corrected chi connectivity index (χ0v) is 17.1. The van der Waals surface area contributed by atoms with Gasteiger partial charge in [-0.25, -0.2) is 4.79 Å². The first-order valence-electron chi connectivity index (χ1n) is 9.62. The van der Waals surface area contributed by atoms with Crippen molar-refractivity contribution in [3.8, 4) is 11.8 Å². The molecule has 0 saturated carbocycles. The predicted molar refractivity (Wildman–Crippen MR) is 112 cm³/mol. The number of nitrogens with zero attached hydrogens (tertiary/aromatic N) is 1. The van der Waals surface area contributed by atoms with Gasteiger partial charge >= 0.3 is 5.97 Å². The van der Waals surface area contributed by atoms with Crippen molar-refractivity contribution < 1.29 is 14.6 Å². The van der Waals surface area contributed by atoms with E-state index in [-0.39, 0.29) is 0 Å². The summed E-state index contributed by atoms with van der Waals surface area (Å²) in [5.41, 5.74) is -2.02. The molecule has 0 spiro atoms. The Bertz CT molecular complexity index is 776. The molecule has 0 aliphatic heterocycles. The molecule has 0 aromatic heterocycles. The molecule has 0 unspecified atom stereocenters. The number of ether oxygens (including phenoxy) is 1. The quantitative estimate of drug-likeness (QED) is 0.590. The van der Waals surface area contributed by atoms with E-state index >= 15 is 0 Å². The Labute approximate surface area is 168 Å². The van der Waals surface area contributed by atoms with Crippen LogP contribution in [-0.4, -0.2) is 41.2 Å². The Balaban J connectivity index is 2.30. The summed E-state index contributed by atoms with van der Waals surface area (Å²) < 4.78 is 5.68. The van der Waals surface area contributed by atoms with E-state index in [9.17, 15) is 9.90 Å². The second-order valence-corrected chi connectivity index (χ2v) is 7.11. The fourth-order valence-corrected chi connectivity index (χ4v) is 2.90. The summed E-state index contributed by atoms with van der Waals surface area (Å²) in [7, 11) is 0. The first-order valence-corrected chi connectivity index (χ1v) is 9.62. The number of benzene rings is 2. The lowest BCUT2D eigenvalue weighted by atomic mass is 9.86. The van der Waals surface area contributed by atoms with Gasteiger partial charge in [-0.15, -0.1) is 0 Å². The Kier molecular flexibility index (Phi) is 7.39. The summed E-state index contributed by atoms with van der Waals surface area (Å²) in [6.45, 7) is 10.1. The van der Waals surface area contributed by atoms with Gasteiger partial charge in [0, 0.05) is 0 Å². The van der Waals surface area contributed by atoms with Crippen molar-refractivity contribution in [3.63, 3.8) is 0 Å². The Morgan fingerprint density at radius 1 is 0.964 bits per heavy atom. The Morgan fingerprint density at radius 3 is 1.86 bits per heavy atom. The molecule has 0 fully saturated rings. The van der Waals surface area contributed by atoms with Gasteiger partial charge in [0.05, 0.1) is 6.54 Å². The summed E-state index contributed by atoms with van der Waals surface area (Å²) in [5, 5.41) is 11.4. The summed E-state index contributed by atoms with van der Waals surface area (Å²) in [6.07, 6.45) is 0. The summed E-state index contributed by atoms with van der Waals surface area (Å²) in [5.74, 6) is 5.36. The van der Waals surface area contributed by atoms with E-state index < -0.39 is 17.2 Å². The van der Waals surface area contributed by atoms with Crippen molar-refractivity contribution in [3.05, 3.63) is 71.8 Å². The van der Waals surface area contributed by atoms with Gasteiger partial charge in [-0.3, -0.25) is 4.90 Å². The lowest BCUT2D eigenvalue weighted by Crippen LogP contribution is -2.42. The van der Waals surface area contributed by atoms with E-state index in [1.54, 1.807) is 62.4 Å². The fourth-order valence-electron chi connectivity index (χ4n) is 2.90. The number of hydrogen-bond acceptors (Lipinski definition) is 4. The molecule has 4 heteroatoms. The molecule has 0 saturated heterocycles. The van der Waals surface area contributed by atoms with Gasteiger partial charge in [-0.05, 0) is 38.1 Å². The molecule has 2 rings (SSSR count). The zero-order valence-electron chi connectivity index (χ0n) is 17.1. The first kappa shape index (κ1) is 21.7. The predicted octanol–water partition coefficient (Wildman–Crippen LogP) is 3.59. The molecule has 2 aromatic rings. The highest BCUT2D eigenvalue weighted by Gasteiger charge is 2.43. The van der Waals surface area contributed by atoms with E-state index in [4.69, 9.17) is 4.74 Å². The van der Waals surface area contributed by atoms with E-state index in [0.29, 0.717) is 17.7 Å². The summed E-state index contributed by atoms with van der Waals surface area (Å²) in [6, 6.07) is 17.7. The van der Waals surface area contributed by atoms with Crippen LogP contribution in [0, 0.1) is 11.8 Å². The van der Waals surface area contributed by atoms with E-state index in [0.717, 1.165) is 13.1 Å². The minimum absolute atomic E-state index is 0.457. The van der Waals surface area contributed by atoms with Gasteiger partial charge in [0.25, 0.3) is 0 Å². The van der Waals surface area contributed by atoms with Crippen LogP contribution < -0.4 is 0 Å². The lowest BCUT2D eigenvalue weighted by molar-refractivity contribution is -0.170. The summed E-state index contributed by atoms with van der Waals surface area (Å²) >= 11 is 0. The molecule has 28 heavy (non-hydrogen) atoms. The van der Waals surface area contributed by atoms with Crippen molar-refractivity contribution in [1.82, 2.24) is 4.90 Å². The van der Waals surface area contributed by atoms with Crippen LogP contribution in [0.1, 0.15) is 38.8 Å². The van der Waals surface area contributed by atoms with Crippen LogP contribution in [0.4, 0.5) is 0 Å². The third-order valence-electron chi connectivity index (χ3n) is 4.61. The van der Waals surface area contributed by atoms with Crippen LogP contribution in [0.3, 0.4) is 0 Å². The molecule has 4 nitrogen and oxygen atoms in total. The van der Waals surface area contributed by atoms with Crippen molar-refractivity contribution in [1.29, 1.82) is 0 Å². The average molecular weight is 380 g/mol. The maximum atomic E-state index is 13.1. The average Bonchev–Trinajstić information content (AvgIpc) is 2.71. The molecule has 148 valence electrons. The van der Waals surface area contributed by atoms with Gasteiger partial charge in [0.2, 0.25) is 5.60 Å². The standard InChI is InChI=1S/C24H29NO3/c1-5-25(6-2)19-13-18-23(3,4)28-22(26)24(27,20-14-9-7-10-15-20)21-16-11-8-12-17-21/h7-12,14-17,27H,5-6,19H2,1-4H3. The van der Waals surface area contributed by atoms with Crippen LogP contribution >= 0.6 is 0 Å². The second kappa shape index (κ2) is 9.54. The maximum Gasteiger partial charge on any atom is 0.349 e. The van der Waals surface area contributed by atoms with Crippen LogP contribution in [0.5, 0.6) is 0 Å². The molecule has 0 aliphatic carbocycles. The third kappa shape index (κ3) is 5.22. The normalized spacial score (nSPS) is 11.6. The number of hydrogen-bond donors (Lipinski definition) is 1. The number of carbonyl (C=O) groups excluding carboxylic acids is 1. The van der Waals surface area contributed by atoms with Gasteiger partial charge in [-0.1, -0.05) is 86.4 Å². The molecule has 0 atom stereocenters. The smallest absolute Gasteiger partial charge is 0.349 e. The Hall–Kier alpha value is -2.61. The number of rotatable bonds is 7. The maximum absolute atomic E-state index is 13.1. The number of esters is 1. The zero-order chi connectivity index (χ0) is 20.6. The largest absolute Gasteiger partial charge is 0.444 e. The molecule has 0 heterocycles. The molecule has 0 aliphatic rings. The number of aliphatic hydroxyl groups is 1. The number of carbonyl (C=O) groups is 1. The van der Waals surface area contributed by atoms with Crippen molar-refractivity contribution >= 4 is 5.97 Å². The fraction of sp³-hybridized carbons (Fsp3) is 0.375. The van der Waals surface area contributed by atoms with Crippen LogP contribution in [0.2, 0.25) is 0 Å². The van der Waals surface area contributed by atoms with Crippen LogP contribution in [-0.2, 0) is 15.1 Å². The molecule has 0 radical (unpaired) electrons. The lowest BCUT2D eigenvalue weighted by Gasteiger charge is -2.30. The van der Waals surface area contributed by atoms with Gasteiger partial charge in [0.1, 0.15) is 0 Å². The van der Waals surface area contributed by atoms with E-state index in [2.05, 4.69) is 30.6 Å². The monoisotopic (exact) mass is 379 g/mol. The van der Waals surface area contributed by atoms with Crippen molar-refractivity contribution in [2.75, 3.05) is 19.6 Å². The highest BCUT2D eigenvalue weighted by Crippen LogP contribution is 2.32. The van der Waals surface area contributed by atoms with E-state index in [1.165, 1.54) is 0 Å². The molecular weight excluding hydrogens is 350 g/mol. The second-order valence-electron chi connectivity index (χ2n) is 7.11. The third-order valence-corrected chi connectivity index (χ3v) is 4.61.